The van der Waals surface area contributed by atoms with Gasteiger partial charge in [0.2, 0.25) is 0 Å². The van der Waals surface area contributed by atoms with Crippen LogP contribution in [-0.4, -0.2) is 11.5 Å². The van der Waals surface area contributed by atoms with Crippen LogP contribution >= 0.6 is 11.6 Å². The van der Waals surface area contributed by atoms with E-state index in [1.54, 1.807) is 24.3 Å². The summed E-state index contributed by atoms with van der Waals surface area (Å²) < 4.78 is 40.6. The molecule has 0 radical (unpaired) electrons. The third-order valence-electron chi connectivity index (χ3n) is 3.04. The minimum atomic E-state index is -4.77. The number of halogens is 4. The SMILES string of the molecule is CC(O)(c1ccc(Cl)cc1)c1cccc(OC(F)(F)F)c1. The molecule has 0 aliphatic heterocycles. The lowest BCUT2D eigenvalue weighted by Crippen LogP contribution is -2.23. The number of hydrogen-bond donors (Lipinski definition) is 1. The van der Waals surface area contributed by atoms with E-state index in [4.69, 9.17) is 11.6 Å². The number of alkyl halides is 3. The average Bonchev–Trinajstić information content (AvgIpc) is 2.37. The van der Waals surface area contributed by atoms with Crippen LogP contribution in [0.5, 0.6) is 5.75 Å². The van der Waals surface area contributed by atoms with Gasteiger partial charge in [-0.15, -0.1) is 13.2 Å². The fourth-order valence-electron chi connectivity index (χ4n) is 1.94. The summed E-state index contributed by atoms with van der Waals surface area (Å²) in [6, 6.07) is 11.7. The predicted molar refractivity (Wildman–Crippen MR) is 73.2 cm³/mol. The maximum atomic E-state index is 12.2. The zero-order valence-corrected chi connectivity index (χ0v) is 11.7. The third kappa shape index (κ3) is 3.89. The summed E-state index contributed by atoms with van der Waals surface area (Å²) in [5, 5.41) is 11.1. The molecule has 1 atom stereocenters. The Morgan fingerprint density at radius 1 is 1.00 bits per heavy atom. The molecule has 2 aromatic carbocycles. The van der Waals surface area contributed by atoms with E-state index in [-0.39, 0.29) is 11.3 Å². The van der Waals surface area contributed by atoms with Gasteiger partial charge in [0.1, 0.15) is 11.4 Å². The van der Waals surface area contributed by atoms with E-state index in [0.29, 0.717) is 10.6 Å². The van der Waals surface area contributed by atoms with Crippen molar-refractivity contribution >= 4 is 11.6 Å². The summed E-state index contributed by atoms with van der Waals surface area (Å²) >= 11 is 5.78. The first-order chi connectivity index (χ1) is 9.68. The van der Waals surface area contributed by atoms with Crippen molar-refractivity contribution in [2.24, 2.45) is 0 Å². The standard InChI is InChI=1S/C15H12ClF3O2/c1-14(20,10-5-7-12(16)8-6-10)11-3-2-4-13(9-11)21-15(17,18)19/h2-9,20H,1H3. The molecule has 0 aliphatic carbocycles. The largest absolute Gasteiger partial charge is 0.573 e. The van der Waals surface area contributed by atoms with Gasteiger partial charge in [0.15, 0.2) is 0 Å². The summed E-state index contributed by atoms with van der Waals surface area (Å²) in [6.45, 7) is 1.49. The van der Waals surface area contributed by atoms with Crippen molar-refractivity contribution in [3.05, 3.63) is 64.7 Å². The maximum Gasteiger partial charge on any atom is 0.573 e. The molecular weight excluding hydrogens is 305 g/mol. The lowest BCUT2D eigenvalue weighted by Gasteiger charge is -2.25. The molecule has 6 heteroatoms. The second-order valence-corrected chi connectivity index (χ2v) is 5.09. The van der Waals surface area contributed by atoms with E-state index >= 15 is 0 Å². The van der Waals surface area contributed by atoms with E-state index in [0.717, 1.165) is 6.07 Å². The van der Waals surface area contributed by atoms with Crippen LogP contribution in [-0.2, 0) is 5.60 Å². The van der Waals surface area contributed by atoms with Gasteiger partial charge in [0.25, 0.3) is 0 Å². The molecule has 0 saturated heterocycles. The Bertz CT molecular complexity index is 622. The Morgan fingerprint density at radius 3 is 2.19 bits per heavy atom. The van der Waals surface area contributed by atoms with Crippen LogP contribution in [0, 0.1) is 0 Å². The Labute approximate surface area is 124 Å². The first kappa shape index (κ1) is 15.7. The number of rotatable bonds is 3. The van der Waals surface area contributed by atoms with Gasteiger partial charge < -0.3 is 9.84 Å². The Balaban J connectivity index is 2.36. The van der Waals surface area contributed by atoms with E-state index in [9.17, 15) is 18.3 Å². The van der Waals surface area contributed by atoms with E-state index < -0.39 is 12.0 Å². The first-order valence-corrected chi connectivity index (χ1v) is 6.41. The predicted octanol–water partition coefficient (Wildman–Crippen LogP) is 4.49. The summed E-state index contributed by atoms with van der Waals surface area (Å²) in [7, 11) is 0. The third-order valence-corrected chi connectivity index (χ3v) is 3.29. The quantitative estimate of drug-likeness (QED) is 0.903. The molecule has 1 unspecified atom stereocenters. The van der Waals surface area contributed by atoms with Gasteiger partial charge in [0, 0.05) is 5.02 Å². The van der Waals surface area contributed by atoms with Crippen molar-refractivity contribution in [3.8, 4) is 5.75 Å². The van der Waals surface area contributed by atoms with E-state index in [1.807, 2.05) is 0 Å². The van der Waals surface area contributed by atoms with Gasteiger partial charge in [-0.2, -0.15) is 0 Å². The zero-order chi connectivity index (χ0) is 15.7. The molecule has 0 aromatic heterocycles. The van der Waals surface area contributed by atoms with Crippen molar-refractivity contribution in [2.45, 2.75) is 18.9 Å². The number of ether oxygens (including phenoxy) is 1. The zero-order valence-electron chi connectivity index (χ0n) is 11.0. The smallest absolute Gasteiger partial charge is 0.406 e. The number of aliphatic hydroxyl groups is 1. The van der Waals surface area contributed by atoms with Gasteiger partial charge >= 0.3 is 6.36 Å². The summed E-state index contributed by atoms with van der Waals surface area (Å²) in [6.07, 6.45) is -4.77. The number of benzene rings is 2. The molecule has 0 spiro atoms. The van der Waals surface area contributed by atoms with Gasteiger partial charge in [-0.3, -0.25) is 0 Å². The van der Waals surface area contributed by atoms with Crippen molar-refractivity contribution in [1.29, 1.82) is 0 Å². The molecule has 0 heterocycles. The van der Waals surface area contributed by atoms with E-state index in [1.165, 1.54) is 25.1 Å². The molecule has 2 aromatic rings. The molecular formula is C15H12ClF3O2. The molecule has 0 saturated carbocycles. The highest BCUT2D eigenvalue weighted by Gasteiger charge is 2.32. The molecule has 0 bridgehead atoms. The molecule has 1 N–H and O–H groups in total. The minimum absolute atomic E-state index is 0.284. The van der Waals surface area contributed by atoms with Crippen molar-refractivity contribution < 1.29 is 23.0 Å². The van der Waals surface area contributed by atoms with Crippen LogP contribution in [0.4, 0.5) is 13.2 Å². The highest BCUT2D eigenvalue weighted by molar-refractivity contribution is 6.30. The van der Waals surface area contributed by atoms with Crippen LogP contribution in [0.2, 0.25) is 5.02 Å². The lowest BCUT2D eigenvalue weighted by molar-refractivity contribution is -0.274. The van der Waals surface area contributed by atoms with Crippen LogP contribution in [0.15, 0.2) is 48.5 Å². The fraction of sp³-hybridized carbons (Fsp3) is 0.200. The Kier molecular flexibility index (Phi) is 4.16. The van der Waals surface area contributed by atoms with Gasteiger partial charge in [-0.25, -0.2) is 0 Å². The molecule has 21 heavy (non-hydrogen) atoms. The fourth-order valence-corrected chi connectivity index (χ4v) is 2.06. The van der Waals surface area contributed by atoms with Gasteiger partial charge in [0.05, 0.1) is 0 Å². The van der Waals surface area contributed by atoms with Crippen molar-refractivity contribution in [1.82, 2.24) is 0 Å². The van der Waals surface area contributed by atoms with Gasteiger partial charge in [-0.05, 0) is 42.3 Å². The van der Waals surface area contributed by atoms with Gasteiger partial charge in [-0.1, -0.05) is 35.9 Å². The lowest BCUT2D eigenvalue weighted by atomic mass is 9.88. The van der Waals surface area contributed by atoms with Crippen LogP contribution in [0.3, 0.4) is 0 Å². The summed E-state index contributed by atoms with van der Waals surface area (Å²) in [5.74, 6) is -0.380. The van der Waals surface area contributed by atoms with Crippen LogP contribution in [0.25, 0.3) is 0 Å². The van der Waals surface area contributed by atoms with Crippen LogP contribution < -0.4 is 4.74 Å². The number of hydrogen-bond acceptors (Lipinski definition) is 2. The summed E-state index contributed by atoms with van der Waals surface area (Å²) in [4.78, 5) is 0. The minimum Gasteiger partial charge on any atom is -0.406 e. The highest BCUT2D eigenvalue weighted by Crippen LogP contribution is 2.33. The second-order valence-electron chi connectivity index (χ2n) is 4.65. The molecule has 112 valence electrons. The van der Waals surface area contributed by atoms with Crippen molar-refractivity contribution in [2.75, 3.05) is 0 Å². The molecule has 0 amide bonds. The normalized spacial score (nSPS) is 14.6. The molecule has 0 fully saturated rings. The summed E-state index contributed by atoms with van der Waals surface area (Å²) in [5.41, 5.74) is -0.669. The van der Waals surface area contributed by atoms with Crippen molar-refractivity contribution in [3.63, 3.8) is 0 Å². The molecule has 2 rings (SSSR count). The Hall–Kier alpha value is -1.72. The average molecular weight is 317 g/mol. The van der Waals surface area contributed by atoms with Crippen LogP contribution in [0.1, 0.15) is 18.1 Å². The monoisotopic (exact) mass is 316 g/mol. The molecule has 2 nitrogen and oxygen atoms in total. The van der Waals surface area contributed by atoms with E-state index in [2.05, 4.69) is 4.74 Å². The second kappa shape index (κ2) is 5.58. The Morgan fingerprint density at radius 2 is 1.62 bits per heavy atom. The molecule has 0 aliphatic rings. The topological polar surface area (TPSA) is 29.5 Å². The first-order valence-electron chi connectivity index (χ1n) is 6.03. The maximum absolute atomic E-state index is 12.2. The highest BCUT2D eigenvalue weighted by atomic mass is 35.5.